The monoisotopic (exact) mass is 394 g/mol. The summed E-state index contributed by atoms with van der Waals surface area (Å²) in [5.74, 6) is 0.457. The van der Waals surface area contributed by atoms with Crippen molar-refractivity contribution < 1.29 is 9.90 Å². The number of hydrogen-bond donors (Lipinski definition) is 3. The van der Waals surface area contributed by atoms with Gasteiger partial charge in [0.05, 0.1) is 15.6 Å². The maximum absolute atomic E-state index is 12.0. The van der Waals surface area contributed by atoms with E-state index in [2.05, 4.69) is 20.3 Å². The smallest absolute Gasteiger partial charge is 0.251 e. The maximum atomic E-state index is 12.0. The number of nitrogens with zero attached hydrogens (tertiary/aromatic N) is 2. The highest BCUT2D eigenvalue weighted by Crippen LogP contribution is 2.20. The van der Waals surface area contributed by atoms with Gasteiger partial charge in [0, 0.05) is 11.8 Å². The third-order valence-corrected chi connectivity index (χ3v) is 3.84. The van der Waals surface area contributed by atoms with Gasteiger partial charge in [0.25, 0.3) is 5.91 Å². The Morgan fingerprint density at radius 1 is 1.38 bits per heavy atom. The standard InChI is InChI=1S/C14H11IN4O2/c15-9-4-3-8(6-11(9)20)14(21)17-7-12-18-10-2-1-5-16-13(10)19-12/h1-6,20H,7H2,(H,17,21)(H,16,18,19). The fourth-order valence-corrected chi connectivity index (χ4v) is 2.23. The third-order valence-electron chi connectivity index (χ3n) is 2.93. The molecular weight excluding hydrogens is 383 g/mol. The highest BCUT2D eigenvalue weighted by Gasteiger charge is 2.09. The van der Waals surface area contributed by atoms with Crippen LogP contribution in [0.1, 0.15) is 16.2 Å². The first-order valence-electron chi connectivity index (χ1n) is 6.20. The molecule has 3 rings (SSSR count). The molecule has 1 aromatic carbocycles. The number of amides is 1. The summed E-state index contributed by atoms with van der Waals surface area (Å²) in [4.78, 5) is 23.5. The predicted molar refractivity (Wildman–Crippen MR) is 85.9 cm³/mol. The highest BCUT2D eigenvalue weighted by atomic mass is 127. The Kier molecular flexibility index (Phi) is 3.74. The summed E-state index contributed by atoms with van der Waals surface area (Å²) in [6.45, 7) is 0.266. The number of phenols is 1. The number of phenolic OH excluding ortho intramolecular Hbond substituents is 1. The Bertz CT molecular complexity index is 783. The van der Waals surface area contributed by atoms with Crippen LogP contribution < -0.4 is 5.32 Å². The summed E-state index contributed by atoms with van der Waals surface area (Å²) < 4.78 is 0.701. The minimum atomic E-state index is -0.268. The first kappa shape index (κ1) is 13.8. The van der Waals surface area contributed by atoms with E-state index >= 15 is 0 Å². The number of halogens is 1. The number of nitrogens with one attached hydrogen (secondary N) is 2. The summed E-state index contributed by atoms with van der Waals surface area (Å²) in [6.07, 6.45) is 1.67. The molecule has 0 aliphatic carbocycles. The number of fused-ring (bicyclic) bond motifs is 1. The lowest BCUT2D eigenvalue weighted by Crippen LogP contribution is -2.23. The molecule has 0 aliphatic rings. The van der Waals surface area contributed by atoms with Crippen molar-refractivity contribution in [1.82, 2.24) is 20.3 Å². The van der Waals surface area contributed by atoms with Crippen molar-refractivity contribution in [1.29, 1.82) is 0 Å². The van der Waals surface area contributed by atoms with Crippen molar-refractivity contribution >= 4 is 39.7 Å². The summed E-state index contributed by atoms with van der Waals surface area (Å²) in [5.41, 5.74) is 1.85. The number of rotatable bonds is 3. The molecule has 21 heavy (non-hydrogen) atoms. The van der Waals surface area contributed by atoms with Gasteiger partial charge in [0.1, 0.15) is 11.6 Å². The largest absolute Gasteiger partial charge is 0.507 e. The number of H-pyrrole nitrogens is 1. The zero-order chi connectivity index (χ0) is 14.8. The van der Waals surface area contributed by atoms with Crippen LogP contribution in [0, 0.1) is 3.57 Å². The molecule has 0 saturated carbocycles. The van der Waals surface area contributed by atoms with Crippen LogP contribution in [0.25, 0.3) is 11.2 Å². The van der Waals surface area contributed by atoms with Crippen LogP contribution in [0.5, 0.6) is 5.75 Å². The van der Waals surface area contributed by atoms with Crippen molar-refractivity contribution in [2.24, 2.45) is 0 Å². The third kappa shape index (κ3) is 2.97. The minimum Gasteiger partial charge on any atom is -0.507 e. The first-order valence-corrected chi connectivity index (χ1v) is 7.27. The topological polar surface area (TPSA) is 90.9 Å². The molecule has 6 nitrogen and oxygen atoms in total. The van der Waals surface area contributed by atoms with Gasteiger partial charge in [0.2, 0.25) is 0 Å². The van der Waals surface area contributed by atoms with Gasteiger partial charge in [-0.1, -0.05) is 0 Å². The van der Waals surface area contributed by atoms with Gasteiger partial charge >= 0.3 is 0 Å². The zero-order valence-electron chi connectivity index (χ0n) is 10.8. The van der Waals surface area contributed by atoms with Crippen LogP contribution in [-0.2, 0) is 6.54 Å². The van der Waals surface area contributed by atoms with Gasteiger partial charge in [0.15, 0.2) is 5.65 Å². The second kappa shape index (κ2) is 5.68. The van der Waals surface area contributed by atoms with Crippen LogP contribution in [0.15, 0.2) is 36.5 Å². The first-order chi connectivity index (χ1) is 10.1. The van der Waals surface area contributed by atoms with E-state index in [-0.39, 0.29) is 18.2 Å². The lowest BCUT2D eigenvalue weighted by molar-refractivity contribution is 0.0949. The van der Waals surface area contributed by atoms with Crippen molar-refractivity contribution in [3.8, 4) is 5.75 Å². The average molecular weight is 394 g/mol. The Balaban J connectivity index is 1.71. The average Bonchev–Trinajstić information content (AvgIpc) is 2.90. The molecule has 2 heterocycles. The van der Waals surface area contributed by atoms with E-state index in [1.165, 1.54) is 6.07 Å². The van der Waals surface area contributed by atoms with Crippen LogP contribution >= 0.6 is 22.6 Å². The van der Waals surface area contributed by atoms with Crippen molar-refractivity contribution in [3.63, 3.8) is 0 Å². The van der Waals surface area contributed by atoms with Crippen LogP contribution in [0.2, 0.25) is 0 Å². The quantitative estimate of drug-likeness (QED) is 0.595. The fraction of sp³-hybridized carbons (Fsp3) is 0.0714. The Hall–Kier alpha value is -2.16. The maximum Gasteiger partial charge on any atom is 0.251 e. The number of benzene rings is 1. The lowest BCUT2D eigenvalue weighted by Gasteiger charge is -2.04. The van der Waals surface area contributed by atoms with E-state index in [1.807, 2.05) is 34.7 Å². The van der Waals surface area contributed by atoms with E-state index < -0.39 is 0 Å². The minimum absolute atomic E-state index is 0.0937. The van der Waals surface area contributed by atoms with Gasteiger partial charge in [-0.15, -0.1) is 0 Å². The number of aromatic amines is 1. The van der Waals surface area contributed by atoms with Crippen LogP contribution in [0.4, 0.5) is 0 Å². The molecule has 0 spiro atoms. The Labute approximate surface area is 133 Å². The van der Waals surface area contributed by atoms with E-state index in [9.17, 15) is 9.90 Å². The van der Waals surface area contributed by atoms with Crippen LogP contribution in [-0.4, -0.2) is 26.0 Å². The Morgan fingerprint density at radius 2 is 2.24 bits per heavy atom. The number of aromatic hydroxyl groups is 1. The van der Waals surface area contributed by atoms with Gasteiger partial charge in [-0.05, 0) is 52.9 Å². The van der Waals surface area contributed by atoms with E-state index in [0.29, 0.717) is 20.6 Å². The SMILES string of the molecule is O=C(NCc1nc2ncccc2[nH]1)c1ccc(I)c(O)c1. The zero-order valence-corrected chi connectivity index (χ0v) is 13.0. The van der Waals surface area contributed by atoms with Gasteiger partial charge in [-0.25, -0.2) is 9.97 Å². The predicted octanol–water partition coefficient (Wildman–Crippen LogP) is 2.20. The number of pyridine rings is 1. The molecule has 0 unspecified atom stereocenters. The molecule has 0 saturated heterocycles. The van der Waals surface area contributed by atoms with E-state index in [0.717, 1.165) is 5.52 Å². The van der Waals surface area contributed by atoms with Gasteiger partial charge in [-0.2, -0.15) is 0 Å². The molecule has 0 atom stereocenters. The number of imidazole rings is 1. The summed E-state index contributed by atoms with van der Waals surface area (Å²) in [5, 5.41) is 12.4. The van der Waals surface area contributed by atoms with Gasteiger partial charge < -0.3 is 15.4 Å². The summed E-state index contributed by atoms with van der Waals surface area (Å²) in [7, 11) is 0. The Morgan fingerprint density at radius 3 is 3.00 bits per heavy atom. The molecule has 106 valence electrons. The van der Waals surface area contributed by atoms with E-state index in [4.69, 9.17) is 0 Å². The molecule has 7 heteroatoms. The van der Waals surface area contributed by atoms with Crippen molar-refractivity contribution in [2.45, 2.75) is 6.54 Å². The molecule has 3 aromatic rings. The number of carbonyl (C=O) groups excluding carboxylic acids is 1. The second-order valence-electron chi connectivity index (χ2n) is 4.41. The highest BCUT2D eigenvalue weighted by molar-refractivity contribution is 14.1. The molecule has 0 fully saturated rings. The number of aromatic nitrogens is 3. The molecule has 1 amide bonds. The molecule has 0 aliphatic heterocycles. The van der Waals surface area contributed by atoms with Gasteiger partial charge in [-0.3, -0.25) is 4.79 Å². The molecular formula is C14H11IN4O2. The molecule has 2 aromatic heterocycles. The lowest BCUT2D eigenvalue weighted by atomic mass is 10.2. The number of hydrogen-bond acceptors (Lipinski definition) is 4. The summed E-state index contributed by atoms with van der Waals surface area (Å²) in [6, 6.07) is 8.49. The summed E-state index contributed by atoms with van der Waals surface area (Å²) >= 11 is 2.00. The number of carbonyl (C=O) groups is 1. The van der Waals surface area contributed by atoms with Crippen LogP contribution in [0.3, 0.4) is 0 Å². The second-order valence-corrected chi connectivity index (χ2v) is 5.57. The fourth-order valence-electron chi connectivity index (χ4n) is 1.90. The normalized spacial score (nSPS) is 10.7. The molecule has 3 N–H and O–H groups in total. The van der Waals surface area contributed by atoms with E-state index in [1.54, 1.807) is 18.3 Å². The van der Waals surface area contributed by atoms with Crippen molar-refractivity contribution in [3.05, 3.63) is 51.5 Å². The molecule has 0 bridgehead atoms. The molecule has 0 radical (unpaired) electrons. The van der Waals surface area contributed by atoms with Crippen molar-refractivity contribution in [2.75, 3.05) is 0 Å².